The lowest BCUT2D eigenvalue weighted by Crippen LogP contribution is -2.25. The van der Waals surface area contributed by atoms with Gasteiger partial charge in [-0.05, 0) is 68.4 Å². The molecule has 0 bridgehead atoms. The van der Waals surface area contributed by atoms with Crippen LogP contribution in [0.5, 0.6) is 5.75 Å². The Morgan fingerprint density at radius 3 is 2.61 bits per heavy atom. The van der Waals surface area contributed by atoms with E-state index >= 15 is 0 Å². The van der Waals surface area contributed by atoms with Crippen molar-refractivity contribution in [3.8, 4) is 17.0 Å². The number of aryl methyl sites for hydroxylation is 1. The zero-order chi connectivity index (χ0) is 21.8. The fourth-order valence-corrected chi connectivity index (χ4v) is 4.00. The third-order valence-corrected chi connectivity index (χ3v) is 6.12. The van der Waals surface area contributed by atoms with Crippen molar-refractivity contribution in [2.24, 2.45) is 7.05 Å². The topological polar surface area (TPSA) is 59.4 Å². The average molecular weight is 459 g/mol. The van der Waals surface area contributed by atoms with Crippen LogP contribution in [0.1, 0.15) is 23.2 Å². The van der Waals surface area contributed by atoms with E-state index in [1.807, 2.05) is 31.3 Å². The highest BCUT2D eigenvalue weighted by atomic mass is 35.5. The van der Waals surface area contributed by atoms with Gasteiger partial charge >= 0.3 is 0 Å². The summed E-state index contributed by atoms with van der Waals surface area (Å²) in [6, 6.07) is 12.3. The Kier molecular flexibility index (Phi) is 6.80. The third kappa shape index (κ3) is 5.21. The molecule has 6 nitrogen and oxygen atoms in total. The van der Waals surface area contributed by atoms with Gasteiger partial charge in [-0.2, -0.15) is 5.10 Å². The van der Waals surface area contributed by atoms with E-state index in [2.05, 4.69) is 15.3 Å². The number of nitrogens with one attached hydrogen (secondary N) is 1. The Bertz CT molecular complexity index is 1080. The van der Waals surface area contributed by atoms with Gasteiger partial charge in [0, 0.05) is 36.6 Å². The highest BCUT2D eigenvalue weighted by Crippen LogP contribution is 2.33. The fraction of sp³-hybridized carbons (Fsp3) is 0.304. The summed E-state index contributed by atoms with van der Waals surface area (Å²) >= 11 is 12.0. The normalized spacial score (nSPS) is 14.0. The van der Waals surface area contributed by atoms with E-state index in [1.165, 1.54) is 12.8 Å². The molecule has 0 spiro atoms. The zero-order valence-corrected chi connectivity index (χ0v) is 18.8. The van der Waals surface area contributed by atoms with Gasteiger partial charge in [-0.15, -0.1) is 0 Å². The van der Waals surface area contributed by atoms with E-state index in [1.54, 1.807) is 29.1 Å². The quantitative estimate of drug-likeness (QED) is 0.533. The van der Waals surface area contributed by atoms with Crippen LogP contribution in [0.3, 0.4) is 0 Å². The van der Waals surface area contributed by atoms with Gasteiger partial charge in [0.1, 0.15) is 12.4 Å². The Morgan fingerprint density at radius 2 is 1.90 bits per heavy atom. The van der Waals surface area contributed by atoms with Gasteiger partial charge in [-0.3, -0.25) is 14.4 Å². The van der Waals surface area contributed by atoms with Crippen LogP contribution in [0.2, 0.25) is 10.0 Å². The molecule has 0 saturated carbocycles. The second-order valence-corrected chi connectivity index (χ2v) is 8.35. The van der Waals surface area contributed by atoms with E-state index in [9.17, 15) is 4.79 Å². The molecule has 2 heterocycles. The molecule has 1 aliphatic rings. The third-order valence-electron chi connectivity index (χ3n) is 5.38. The van der Waals surface area contributed by atoms with Crippen LogP contribution in [0.4, 0.5) is 5.69 Å². The molecule has 0 unspecified atom stereocenters. The monoisotopic (exact) mass is 458 g/mol. The molecular weight excluding hydrogens is 435 g/mol. The van der Waals surface area contributed by atoms with Crippen LogP contribution in [0, 0.1) is 0 Å². The highest BCUT2D eigenvalue weighted by molar-refractivity contribution is 6.42. The van der Waals surface area contributed by atoms with Gasteiger partial charge in [-0.1, -0.05) is 23.2 Å². The molecule has 0 aliphatic carbocycles. The largest absolute Gasteiger partial charge is 0.492 e. The maximum Gasteiger partial charge on any atom is 0.255 e. The van der Waals surface area contributed by atoms with Gasteiger partial charge < -0.3 is 10.1 Å². The van der Waals surface area contributed by atoms with Crippen molar-refractivity contribution in [3.63, 3.8) is 0 Å². The first kappa shape index (κ1) is 21.7. The summed E-state index contributed by atoms with van der Waals surface area (Å²) in [4.78, 5) is 15.1. The summed E-state index contributed by atoms with van der Waals surface area (Å²) in [5.41, 5.74) is 2.86. The number of rotatable bonds is 7. The average Bonchev–Trinajstić information content (AvgIpc) is 3.42. The minimum Gasteiger partial charge on any atom is -0.492 e. The predicted molar refractivity (Wildman–Crippen MR) is 124 cm³/mol. The predicted octanol–water partition coefficient (Wildman–Crippen LogP) is 5.12. The highest BCUT2D eigenvalue weighted by Gasteiger charge is 2.15. The number of amides is 1. The van der Waals surface area contributed by atoms with Crippen molar-refractivity contribution in [1.82, 2.24) is 14.7 Å². The standard InChI is InChI=1S/C23H24Cl2N4O2/c1-28-21(8-9-26-28)18-15-17(27-23(30)16-4-6-19(24)20(25)14-16)5-7-22(18)31-13-12-29-10-2-3-11-29/h4-9,14-15H,2-3,10-13H2,1H3,(H,27,30). The molecule has 162 valence electrons. The lowest BCUT2D eigenvalue weighted by Gasteiger charge is -2.17. The number of carbonyl (C=O) groups excluding carboxylic acids is 1. The summed E-state index contributed by atoms with van der Waals surface area (Å²) in [6.45, 7) is 3.79. The number of aromatic nitrogens is 2. The SMILES string of the molecule is Cn1nccc1-c1cc(NC(=O)c2ccc(Cl)c(Cl)c2)ccc1OCCN1CCCC1. The maximum absolute atomic E-state index is 12.7. The van der Waals surface area contributed by atoms with Gasteiger partial charge in [0.2, 0.25) is 0 Å². The molecule has 1 fully saturated rings. The number of halogens is 2. The summed E-state index contributed by atoms with van der Waals surface area (Å²) in [5.74, 6) is 0.493. The molecule has 1 amide bonds. The lowest BCUT2D eigenvalue weighted by molar-refractivity contribution is 0.102. The smallest absolute Gasteiger partial charge is 0.255 e. The van der Waals surface area contributed by atoms with E-state index in [0.717, 1.165) is 36.6 Å². The lowest BCUT2D eigenvalue weighted by atomic mass is 10.1. The summed E-state index contributed by atoms with van der Waals surface area (Å²) < 4.78 is 7.91. The molecule has 1 aromatic heterocycles. The van der Waals surface area contributed by atoms with Gasteiger partial charge in [0.15, 0.2) is 0 Å². The van der Waals surface area contributed by atoms with Crippen LogP contribution in [0.15, 0.2) is 48.7 Å². The van der Waals surface area contributed by atoms with E-state index in [-0.39, 0.29) is 5.91 Å². The number of anilines is 1. The van der Waals surface area contributed by atoms with E-state index < -0.39 is 0 Å². The number of hydrogen-bond donors (Lipinski definition) is 1. The van der Waals surface area contributed by atoms with Crippen molar-refractivity contribution in [3.05, 3.63) is 64.3 Å². The molecule has 2 aromatic carbocycles. The van der Waals surface area contributed by atoms with Crippen LogP contribution < -0.4 is 10.1 Å². The second-order valence-electron chi connectivity index (χ2n) is 7.53. The minimum atomic E-state index is -0.266. The van der Waals surface area contributed by atoms with Crippen LogP contribution >= 0.6 is 23.2 Å². The van der Waals surface area contributed by atoms with Crippen LogP contribution in [0.25, 0.3) is 11.3 Å². The number of ether oxygens (including phenoxy) is 1. The second kappa shape index (κ2) is 9.73. The van der Waals surface area contributed by atoms with Crippen molar-refractivity contribution >= 4 is 34.8 Å². The number of hydrogen-bond acceptors (Lipinski definition) is 4. The molecule has 0 atom stereocenters. The Morgan fingerprint density at radius 1 is 1.10 bits per heavy atom. The first-order valence-electron chi connectivity index (χ1n) is 10.3. The van der Waals surface area contributed by atoms with Gasteiger partial charge in [0.05, 0.1) is 15.7 Å². The van der Waals surface area contributed by atoms with E-state index in [0.29, 0.717) is 27.9 Å². The molecular formula is C23H24Cl2N4O2. The first-order chi connectivity index (χ1) is 15.0. The molecule has 31 heavy (non-hydrogen) atoms. The van der Waals surface area contributed by atoms with Crippen LogP contribution in [-0.2, 0) is 7.05 Å². The molecule has 1 saturated heterocycles. The Balaban J connectivity index is 1.54. The summed E-state index contributed by atoms with van der Waals surface area (Å²) in [5, 5.41) is 7.94. The number of nitrogens with zero attached hydrogens (tertiary/aromatic N) is 3. The number of carbonyl (C=O) groups is 1. The Hall–Kier alpha value is -2.54. The van der Waals surface area contributed by atoms with Crippen LogP contribution in [-0.4, -0.2) is 46.8 Å². The minimum absolute atomic E-state index is 0.266. The maximum atomic E-state index is 12.7. The molecule has 8 heteroatoms. The molecule has 0 radical (unpaired) electrons. The van der Waals surface area contributed by atoms with Crippen molar-refractivity contribution in [2.45, 2.75) is 12.8 Å². The molecule has 1 aliphatic heterocycles. The summed E-state index contributed by atoms with van der Waals surface area (Å²) in [6.07, 6.45) is 4.26. The Labute approximate surface area is 191 Å². The first-order valence-corrected chi connectivity index (χ1v) is 11.0. The van der Waals surface area contributed by atoms with Crippen molar-refractivity contribution in [2.75, 3.05) is 31.6 Å². The van der Waals surface area contributed by atoms with Crippen molar-refractivity contribution < 1.29 is 9.53 Å². The van der Waals surface area contributed by atoms with Crippen molar-refractivity contribution in [1.29, 1.82) is 0 Å². The molecule has 4 rings (SSSR count). The summed E-state index contributed by atoms with van der Waals surface area (Å²) in [7, 11) is 1.88. The molecule has 1 N–H and O–H groups in total. The van der Waals surface area contributed by atoms with E-state index in [4.69, 9.17) is 27.9 Å². The van der Waals surface area contributed by atoms with Gasteiger partial charge in [-0.25, -0.2) is 0 Å². The zero-order valence-electron chi connectivity index (χ0n) is 17.3. The van der Waals surface area contributed by atoms with Gasteiger partial charge in [0.25, 0.3) is 5.91 Å². The number of benzene rings is 2. The fourth-order valence-electron chi connectivity index (χ4n) is 3.70. The molecule has 3 aromatic rings. The number of likely N-dealkylation sites (tertiary alicyclic amines) is 1.